The lowest BCUT2D eigenvalue weighted by atomic mass is 9.68. The highest BCUT2D eigenvalue weighted by Gasteiger charge is 2.37. The number of aliphatic hydroxyl groups is 1. The molecule has 2 fully saturated rings. The summed E-state index contributed by atoms with van der Waals surface area (Å²) in [5.74, 6) is 2.06. The van der Waals surface area contributed by atoms with Crippen LogP contribution in [-0.4, -0.2) is 87.0 Å². The molecule has 1 aliphatic carbocycles. The summed E-state index contributed by atoms with van der Waals surface area (Å²) in [6.07, 6.45) is 3.20. The van der Waals surface area contributed by atoms with Gasteiger partial charge in [-0.25, -0.2) is 4.39 Å². The molecule has 2 aromatic heterocycles. The summed E-state index contributed by atoms with van der Waals surface area (Å²) < 4.78 is 18.5. The Kier molecular flexibility index (Phi) is 10.6. The number of piperazine rings is 1. The van der Waals surface area contributed by atoms with Crippen LogP contribution in [0.4, 0.5) is 15.8 Å². The van der Waals surface area contributed by atoms with Crippen LogP contribution in [-0.2, 0) is 6.42 Å². The number of phenols is 1. The van der Waals surface area contributed by atoms with E-state index < -0.39 is 5.60 Å². The topological polar surface area (TPSA) is 93.3 Å². The maximum absolute atomic E-state index is 16.4. The first kappa shape index (κ1) is 40.7. The number of benzene rings is 4. The Morgan fingerprint density at radius 2 is 1.56 bits per heavy atom. The van der Waals surface area contributed by atoms with E-state index in [1.54, 1.807) is 23.5 Å². The Morgan fingerprint density at radius 3 is 2.31 bits per heavy atom. The summed E-state index contributed by atoms with van der Waals surface area (Å²) >= 11 is 1.78. The third-order valence-electron chi connectivity index (χ3n) is 14.3. The van der Waals surface area contributed by atoms with E-state index in [-0.39, 0.29) is 29.4 Å². The molecule has 9 nitrogen and oxygen atoms in total. The molecule has 11 heteroatoms. The van der Waals surface area contributed by atoms with Crippen molar-refractivity contribution in [3.63, 3.8) is 0 Å². The maximum Gasteiger partial charge on any atom is 0.162 e. The summed E-state index contributed by atoms with van der Waals surface area (Å²) in [5, 5.41) is 32.2. The summed E-state index contributed by atoms with van der Waals surface area (Å²) in [4.78, 5) is 13.4. The van der Waals surface area contributed by atoms with Gasteiger partial charge in [0.25, 0.3) is 0 Å². The number of piperidine rings is 1. The first-order chi connectivity index (χ1) is 29.9. The minimum absolute atomic E-state index is 0.00241. The molecule has 5 heterocycles. The highest BCUT2D eigenvalue weighted by molar-refractivity contribution is 7.15. The van der Waals surface area contributed by atoms with E-state index >= 15 is 4.39 Å². The lowest BCUT2D eigenvalue weighted by Crippen LogP contribution is -2.55. The van der Waals surface area contributed by atoms with Gasteiger partial charge in [-0.3, -0.25) is 14.5 Å². The van der Waals surface area contributed by atoms with E-state index in [1.165, 1.54) is 21.6 Å². The van der Waals surface area contributed by atoms with Gasteiger partial charge in [0.1, 0.15) is 28.4 Å². The van der Waals surface area contributed by atoms with Crippen molar-refractivity contribution in [2.45, 2.75) is 83.8 Å². The molecule has 4 aliphatic rings. The van der Waals surface area contributed by atoms with Gasteiger partial charge in [0.15, 0.2) is 5.82 Å². The van der Waals surface area contributed by atoms with Crippen molar-refractivity contribution < 1.29 is 14.6 Å². The van der Waals surface area contributed by atoms with Crippen LogP contribution >= 0.6 is 11.3 Å². The van der Waals surface area contributed by atoms with Crippen LogP contribution in [0.5, 0.6) is 5.75 Å². The van der Waals surface area contributed by atoms with Crippen LogP contribution in [0, 0.1) is 33.5 Å². The third kappa shape index (κ3) is 7.31. The molecule has 0 unspecified atom stereocenters. The standard InChI is InChI=1S/C51H56FN7O2S/c1-31-27-45(44(52)29-43(31)47-41(36-9-7-6-8-10-36)17-13-38-28-40(60)16-18-42(38)47)58-25-23-56(24-26-58)30-51(61)19-21-57(22-20-51)39-14-11-37(12-15-39)48-46-32(2)34(4)62-50(46)59-35(5)54-55-49(59)33(3)53-48/h6-12,14-16,18,27-29,33,41,47,60-61H,13,17,19-26,30H2,1-5H3/t33-,41-,47+/m0/s1. The maximum atomic E-state index is 16.4. The lowest BCUT2D eigenvalue weighted by molar-refractivity contribution is -0.0173. The number of aliphatic imine (C=N–C) groups is 1. The Balaban J connectivity index is 0.782. The van der Waals surface area contributed by atoms with Gasteiger partial charge in [0.2, 0.25) is 0 Å². The molecule has 10 rings (SSSR count). The number of hydrogen-bond donors (Lipinski definition) is 2. The number of nitrogens with zero attached hydrogens (tertiary/aromatic N) is 7. The number of thiophene rings is 1. The zero-order valence-corrected chi connectivity index (χ0v) is 37.2. The number of fused-ring (bicyclic) bond motifs is 4. The Hall–Kier alpha value is -5.36. The number of aromatic hydroxyl groups is 1. The summed E-state index contributed by atoms with van der Waals surface area (Å²) in [5.41, 5.74) is 11.2. The molecule has 0 saturated carbocycles. The van der Waals surface area contributed by atoms with Crippen LogP contribution in [0.15, 0.2) is 89.9 Å². The monoisotopic (exact) mass is 849 g/mol. The number of rotatable bonds is 7. The average molecular weight is 850 g/mol. The highest BCUT2D eigenvalue weighted by Crippen LogP contribution is 2.49. The molecule has 0 radical (unpaired) electrons. The van der Waals surface area contributed by atoms with Gasteiger partial charge in [-0.15, -0.1) is 21.5 Å². The van der Waals surface area contributed by atoms with Gasteiger partial charge < -0.3 is 20.0 Å². The number of phenolic OH excluding ortho intramolecular Hbond substituents is 1. The van der Waals surface area contributed by atoms with Crippen molar-refractivity contribution in [2.24, 2.45) is 4.99 Å². The van der Waals surface area contributed by atoms with Gasteiger partial charge in [-0.1, -0.05) is 48.5 Å². The van der Waals surface area contributed by atoms with Gasteiger partial charge >= 0.3 is 0 Å². The predicted molar refractivity (Wildman–Crippen MR) is 248 cm³/mol. The molecule has 3 atom stereocenters. The second-order valence-corrected chi connectivity index (χ2v) is 19.4. The molecule has 6 aromatic rings. The van der Waals surface area contributed by atoms with Crippen molar-refractivity contribution in [2.75, 3.05) is 55.6 Å². The number of β-amino-alcohol motifs (C(OH)–C–C–N with tert-alkyl or cyclic N) is 1. The van der Waals surface area contributed by atoms with Gasteiger partial charge in [0.05, 0.1) is 17.0 Å². The normalized spacial score (nSPS) is 21.2. The van der Waals surface area contributed by atoms with Crippen LogP contribution in [0.1, 0.15) is 105 Å². The predicted octanol–water partition coefficient (Wildman–Crippen LogP) is 9.33. The van der Waals surface area contributed by atoms with Gasteiger partial charge in [-0.05, 0) is 136 Å². The fourth-order valence-corrected chi connectivity index (χ4v) is 11.9. The summed E-state index contributed by atoms with van der Waals surface area (Å²) in [6.45, 7) is 15.7. The van der Waals surface area contributed by atoms with E-state index in [1.807, 2.05) is 31.2 Å². The van der Waals surface area contributed by atoms with Crippen molar-refractivity contribution in [3.05, 3.63) is 152 Å². The fourth-order valence-electron chi connectivity index (χ4n) is 10.7. The van der Waals surface area contributed by atoms with Gasteiger partial charge in [0, 0.05) is 73.4 Å². The quantitative estimate of drug-likeness (QED) is 0.166. The minimum atomic E-state index is -0.766. The zero-order chi connectivity index (χ0) is 42.9. The van der Waals surface area contributed by atoms with Crippen LogP contribution in [0.25, 0.3) is 5.00 Å². The van der Waals surface area contributed by atoms with Crippen LogP contribution in [0.3, 0.4) is 0 Å². The van der Waals surface area contributed by atoms with Crippen molar-refractivity contribution in [3.8, 4) is 10.8 Å². The third-order valence-corrected chi connectivity index (χ3v) is 15.5. The van der Waals surface area contributed by atoms with E-state index in [9.17, 15) is 10.2 Å². The molecule has 0 bridgehead atoms. The van der Waals surface area contributed by atoms with E-state index in [2.05, 4.69) is 106 Å². The summed E-state index contributed by atoms with van der Waals surface area (Å²) in [7, 11) is 0. The first-order valence-electron chi connectivity index (χ1n) is 22.3. The number of aryl methyl sites for hydroxylation is 4. The summed E-state index contributed by atoms with van der Waals surface area (Å²) in [6, 6.07) is 28.8. The lowest BCUT2D eigenvalue weighted by Gasteiger charge is -2.44. The molecule has 3 aliphatic heterocycles. The Bertz CT molecular complexity index is 2660. The second kappa shape index (κ2) is 16.1. The van der Waals surface area contributed by atoms with Crippen molar-refractivity contribution in [1.82, 2.24) is 19.7 Å². The molecular formula is C51H56FN7O2S. The molecule has 320 valence electrons. The smallest absolute Gasteiger partial charge is 0.162 e. The number of halogens is 1. The second-order valence-electron chi connectivity index (χ2n) is 18.2. The Morgan fingerprint density at radius 1 is 0.823 bits per heavy atom. The molecule has 0 amide bonds. The fraction of sp³-hybridized carbons (Fsp3) is 0.392. The van der Waals surface area contributed by atoms with Crippen molar-refractivity contribution >= 4 is 28.4 Å². The van der Waals surface area contributed by atoms with Crippen molar-refractivity contribution in [1.29, 1.82) is 0 Å². The van der Waals surface area contributed by atoms with Crippen LogP contribution < -0.4 is 9.80 Å². The molecular weight excluding hydrogens is 794 g/mol. The zero-order valence-electron chi connectivity index (χ0n) is 36.4. The van der Waals surface area contributed by atoms with Gasteiger partial charge in [-0.2, -0.15) is 0 Å². The SMILES string of the molecule is Cc1cc(N2CCN(CC3(O)CCN(c4ccc(C5=N[C@@H](C)c6nnc(C)n6-c6sc(C)c(C)c65)cc4)CC3)CC2)c(F)cc1[C@H]1c2ccc(O)cc2CC[C@H]1c1ccccc1. The van der Waals surface area contributed by atoms with E-state index in [0.29, 0.717) is 38.2 Å². The first-order valence-corrected chi connectivity index (χ1v) is 23.1. The highest BCUT2D eigenvalue weighted by atomic mass is 32.1. The number of aromatic nitrogens is 3. The van der Waals surface area contributed by atoms with Crippen LogP contribution in [0.2, 0.25) is 0 Å². The number of hydrogen-bond acceptors (Lipinski definition) is 9. The minimum Gasteiger partial charge on any atom is -0.508 e. The number of anilines is 2. The average Bonchev–Trinajstić information content (AvgIpc) is 3.77. The molecule has 2 N–H and O–H groups in total. The van der Waals surface area contributed by atoms with E-state index in [0.717, 1.165) is 94.9 Å². The molecule has 2 saturated heterocycles. The molecule has 0 spiro atoms. The molecule has 4 aromatic carbocycles. The molecule has 62 heavy (non-hydrogen) atoms. The Labute approximate surface area is 368 Å². The largest absolute Gasteiger partial charge is 0.508 e. The van der Waals surface area contributed by atoms with E-state index in [4.69, 9.17) is 4.99 Å².